The Hall–Kier alpha value is -2.96. The Balaban J connectivity index is 1.63. The first kappa shape index (κ1) is 19.4. The van der Waals surface area contributed by atoms with Crippen LogP contribution in [0, 0.1) is 11.6 Å². The lowest BCUT2D eigenvalue weighted by Crippen LogP contribution is -2.43. The van der Waals surface area contributed by atoms with Crippen LogP contribution in [0.25, 0.3) is 0 Å². The van der Waals surface area contributed by atoms with Gasteiger partial charge in [-0.15, -0.1) is 0 Å². The molecule has 0 amide bonds. The molecule has 0 spiro atoms. The van der Waals surface area contributed by atoms with E-state index in [2.05, 4.69) is 5.32 Å². The van der Waals surface area contributed by atoms with E-state index in [1.54, 1.807) is 24.3 Å². The number of nitrogens with one attached hydrogen (secondary N) is 1. The van der Waals surface area contributed by atoms with Crippen LogP contribution >= 0.6 is 0 Å². The predicted octanol–water partition coefficient (Wildman–Crippen LogP) is 4.87. The Morgan fingerprint density at radius 2 is 1.66 bits per heavy atom. The van der Waals surface area contributed by atoms with E-state index in [1.165, 1.54) is 0 Å². The van der Waals surface area contributed by atoms with E-state index in [0.29, 0.717) is 24.7 Å². The molecule has 1 N–H and O–H groups in total. The zero-order valence-electron chi connectivity index (χ0n) is 15.7. The molecule has 4 nitrogen and oxygen atoms in total. The largest absolute Gasteiger partial charge is 0.479 e. The zero-order chi connectivity index (χ0) is 20.1. The summed E-state index contributed by atoms with van der Waals surface area (Å²) in [5.74, 6) is -0.724. The highest BCUT2D eigenvalue weighted by Gasteiger charge is 2.28. The summed E-state index contributed by atoms with van der Waals surface area (Å²) in [5.41, 5.74) is 0.952. The van der Waals surface area contributed by atoms with Gasteiger partial charge in [-0.25, -0.2) is 8.78 Å². The van der Waals surface area contributed by atoms with Gasteiger partial charge in [0.15, 0.2) is 29.2 Å². The second-order valence-corrected chi connectivity index (χ2v) is 6.69. The van der Waals surface area contributed by atoms with Crippen molar-refractivity contribution in [3.05, 3.63) is 90.0 Å². The third kappa shape index (κ3) is 4.72. The van der Waals surface area contributed by atoms with E-state index in [9.17, 15) is 8.78 Å². The smallest absolute Gasteiger partial charge is 0.169 e. The van der Waals surface area contributed by atoms with Gasteiger partial charge >= 0.3 is 0 Å². The van der Waals surface area contributed by atoms with E-state index in [-0.39, 0.29) is 11.9 Å². The normalized spacial score (nSPS) is 17.5. The van der Waals surface area contributed by atoms with Crippen molar-refractivity contribution in [2.45, 2.75) is 12.2 Å². The van der Waals surface area contributed by atoms with Crippen LogP contribution in [0.1, 0.15) is 11.7 Å². The molecule has 1 aliphatic rings. The van der Waals surface area contributed by atoms with Crippen molar-refractivity contribution in [2.75, 3.05) is 19.7 Å². The van der Waals surface area contributed by atoms with Crippen LogP contribution in [-0.4, -0.2) is 25.8 Å². The maximum Gasteiger partial charge on any atom is 0.169 e. The molecule has 0 bridgehead atoms. The molecule has 2 unspecified atom stereocenters. The molecule has 0 aliphatic carbocycles. The number of halogens is 2. The van der Waals surface area contributed by atoms with Crippen molar-refractivity contribution in [2.24, 2.45) is 0 Å². The zero-order valence-corrected chi connectivity index (χ0v) is 15.7. The lowest BCUT2D eigenvalue weighted by atomic mass is 10.0. The molecule has 0 radical (unpaired) electrons. The maximum atomic E-state index is 14.0. The molecule has 6 heteroatoms. The van der Waals surface area contributed by atoms with Crippen LogP contribution in [-0.2, 0) is 4.74 Å². The second kappa shape index (κ2) is 9.03. The van der Waals surface area contributed by atoms with Gasteiger partial charge in [0, 0.05) is 19.2 Å². The third-order valence-electron chi connectivity index (χ3n) is 4.64. The Morgan fingerprint density at radius 1 is 0.897 bits per heavy atom. The van der Waals surface area contributed by atoms with Gasteiger partial charge in [0.1, 0.15) is 11.9 Å². The topological polar surface area (TPSA) is 39.7 Å². The number of para-hydroxylation sites is 2. The Morgan fingerprint density at radius 3 is 2.41 bits per heavy atom. The molecule has 3 aromatic carbocycles. The minimum Gasteiger partial charge on any atom is -0.479 e. The lowest BCUT2D eigenvalue weighted by Gasteiger charge is -2.32. The Labute approximate surface area is 168 Å². The average Bonchev–Trinajstić information content (AvgIpc) is 2.77. The third-order valence-corrected chi connectivity index (χ3v) is 4.64. The lowest BCUT2D eigenvalue weighted by molar-refractivity contribution is -0.0437. The summed E-state index contributed by atoms with van der Waals surface area (Å²) < 4.78 is 45.4. The highest BCUT2D eigenvalue weighted by Crippen LogP contribution is 2.36. The first-order chi connectivity index (χ1) is 14.2. The van der Waals surface area contributed by atoms with Crippen molar-refractivity contribution >= 4 is 0 Å². The standard InChI is InChI=1S/C23H21F2NO3/c24-17-10-11-18(25)21(14-17)28-19-8-4-5-9-20(19)29-23(16-6-2-1-3-7-16)22-15-26-12-13-27-22/h1-11,14,22-23,26H,12-13,15H2. The first-order valence-electron chi connectivity index (χ1n) is 9.46. The molecular weight excluding hydrogens is 376 g/mol. The molecule has 0 saturated carbocycles. The van der Waals surface area contributed by atoms with Crippen LogP contribution in [0.4, 0.5) is 8.78 Å². The SMILES string of the molecule is Fc1ccc(F)c(Oc2ccccc2OC(c2ccccc2)C2CNCCO2)c1. The number of hydrogen-bond acceptors (Lipinski definition) is 4. The molecular formula is C23H21F2NO3. The van der Waals surface area contributed by atoms with Crippen LogP contribution in [0.5, 0.6) is 17.2 Å². The van der Waals surface area contributed by atoms with Crippen LogP contribution in [0.3, 0.4) is 0 Å². The molecule has 150 valence electrons. The number of morpholine rings is 1. The number of hydrogen-bond donors (Lipinski definition) is 1. The van der Waals surface area contributed by atoms with Crippen molar-refractivity contribution in [3.8, 4) is 17.2 Å². The van der Waals surface area contributed by atoms with E-state index in [0.717, 1.165) is 30.3 Å². The Kier molecular flexibility index (Phi) is 6.03. The van der Waals surface area contributed by atoms with E-state index >= 15 is 0 Å². The summed E-state index contributed by atoms with van der Waals surface area (Å²) in [6, 6.07) is 19.8. The fraction of sp³-hybridized carbons (Fsp3) is 0.217. The fourth-order valence-corrected chi connectivity index (χ4v) is 3.22. The van der Waals surface area contributed by atoms with Gasteiger partial charge in [-0.2, -0.15) is 0 Å². The van der Waals surface area contributed by atoms with Crippen LogP contribution < -0.4 is 14.8 Å². The van der Waals surface area contributed by atoms with Crippen molar-refractivity contribution in [3.63, 3.8) is 0 Å². The summed E-state index contributed by atoms with van der Waals surface area (Å²) >= 11 is 0. The molecule has 3 aromatic rings. The van der Waals surface area contributed by atoms with Crippen LogP contribution in [0.2, 0.25) is 0 Å². The molecule has 1 saturated heterocycles. The minimum absolute atomic E-state index is 0.201. The van der Waals surface area contributed by atoms with Gasteiger partial charge < -0.3 is 19.5 Å². The van der Waals surface area contributed by atoms with Gasteiger partial charge in [0.05, 0.1) is 6.61 Å². The number of benzene rings is 3. The molecule has 1 aliphatic heterocycles. The van der Waals surface area contributed by atoms with Gasteiger partial charge in [0.2, 0.25) is 0 Å². The van der Waals surface area contributed by atoms with Crippen molar-refractivity contribution in [1.82, 2.24) is 5.32 Å². The average molecular weight is 397 g/mol. The Bertz CT molecular complexity index is 946. The highest BCUT2D eigenvalue weighted by molar-refractivity contribution is 5.43. The van der Waals surface area contributed by atoms with Gasteiger partial charge in [-0.1, -0.05) is 42.5 Å². The number of ether oxygens (including phenoxy) is 3. The molecule has 1 fully saturated rings. The molecule has 29 heavy (non-hydrogen) atoms. The minimum atomic E-state index is -0.652. The van der Waals surface area contributed by atoms with E-state index < -0.39 is 17.7 Å². The molecule has 4 rings (SSSR count). The summed E-state index contributed by atoms with van der Waals surface area (Å²) in [4.78, 5) is 0. The van der Waals surface area contributed by atoms with Crippen LogP contribution in [0.15, 0.2) is 72.8 Å². The van der Waals surface area contributed by atoms with Crippen molar-refractivity contribution < 1.29 is 23.0 Å². The first-order valence-corrected chi connectivity index (χ1v) is 9.46. The molecule has 0 aromatic heterocycles. The molecule has 2 atom stereocenters. The monoisotopic (exact) mass is 397 g/mol. The summed E-state index contributed by atoms with van der Waals surface area (Å²) in [6.45, 7) is 2.02. The van der Waals surface area contributed by atoms with Gasteiger partial charge in [-0.3, -0.25) is 0 Å². The highest BCUT2D eigenvalue weighted by atomic mass is 19.1. The maximum absolute atomic E-state index is 14.0. The summed E-state index contributed by atoms with van der Waals surface area (Å²) in [7, 11) is 0. The fourth-order valence-electron chi connectivity index (χ4n) is 3.22. The summed E-state index contributed by atoms with van der Waals surface area (Å²) in [5, 5.41) is 3.31. The van der Waals surface area contributed by atoms with Crippen molar-refractivity contribution in [1.29, 1.82) is 0 Å². The number of rotatable bonds is 6. The van der Waals surface area contributed by atoms with E-state index in [4.69, 9.17) is 14.2 Å². The predicted molar refractivity (Wildman–Crippen MR) is 105 cm³/mol. The van der Waals surface area contributed by atoms with Gasteiger partial charge in [0.25, 0.3) is 0 Å². The quantitative estimate of drug-likeness (QED) is 0.645. The summed E-state index contributed by atoms with van der Waals surface area (Å²) in [6.07, 6.45) is -0.601. The molecule has 1 heterocycles. The van der Waals surface area contributed by atoms with Gasteiger partial charge in [-0.05, 0) is 29.8 Å². The van der Waals surface area contributed by atoms with E-state index in [1.807, 2.05) is 30.3 Å². The second-order valence-electron chi connectivity index (χ2n) is 6.69.